The molecule has 0 saturated carbocycles. The number of hydrogen-bond donors (Lipinski definition) is 1. The summed E-state index contributed by atoms with van der Waals surface area (Å²) in [4.78, 5) is 5.25. The maximum Gasteiger partial charge on any atom is 0.0502 e. The van der Waals surface area contributed by atoms with Gasteiger partial charge in [0, 0.05) is 44.9 Å². The van der Waals surface area contributed by atoms with Gasteiger partial charge in [-0.15, -0.1) is 0 Å². The summed E-state index contributed by atoms with van der Waals surface area (Å²) >= 11 is 0. The summed E-state index contributed by atoms with van der Waals surface area (Å²) in [5, 5.41) is 0. The normalized spacial score (nSPS) is 34.3. The fourth-order valence-corrected chi connectivity index (χ4v) is 3.75. The summed E-state index contributed by atoms with van der Waals surface area (Å²) in [6.07, 6.45) is 3.82. The molecule has 2 N–H and O–H groups in total. The highest BCUT2D eigenvalue weighted by Crippen LogP contribution is 2.32. The first-order valence-electron chi connectivity index (χ1n) is 7.79. The molecule has 0 aromatic heterocycles. The first kappa shape index (κ1) is 15.2. The van der Waals surface area contributed by atoms with E-state index in [2.05, 4.69) is 23.6 Å². The van der Waals surface area contributed by atoms with Gasteiger partial charge in [0.1, 0.15) is 0 Å². The summed E-state index contributed by atoms with van der Waals surface area (Å²) in [5.41, 5.74) is 6.40. The SMILES string of the molecule is COCC1CCCN(C2(CN)CCN(C(C)C)C2)C1. The molecule has 2 rings (SSSR count). The summed E-state index contributed by atoms with van der Waals surface area (Å²) in [6, 6.07) is 0.632. The molecular weight excluding hydrogens is 238 g/mol. The highest BCUT2D eigenvalue weighted by atomic mass is 16.5. The lowest BCUT2D eigenvalue weighted by Crippen LogP contribution is -2.59. The standard InChI is InChI=1S/C15H31N3O/c1-13(2)17-8-6-15(11-16,12-17)18-7-4-5-14(9-18)10-19-3/h13-14H,4-12,16H2,1-3H3. The van der Waals surface area contributed by atoms with Crippen LogP contribution in [0, 0.1) is 5.92 Å². The number of ether oxygens (including phenoxy) is 1. The minimum atomic E-state index is 0.219. The highest BCUT2D eigenvalue weighted by molar-refractivity contribution is 5.02. The molecule has 0 radical (unpaired) electrons. The third-order valence-corrected chi connectivity index (χ3v) is 5.06. The number of hydrogen-bond acceptors (Lipinski definition) is 4. The van der Waals surface area contributed by atoms with Crippen LogP contribution in [0.4, 0.5) is 0 Å². The Morgan fingerprint density at radius 3 is 2.74 bits per heavy atom. The van der Waals surface area contributed by atoms with Crippen molar-refractivity contribution in [1.29, 1.82) is 0 Å². The lowest BCUT2D eigenvalue weighted by molar-refractivity contribution is 0.0247. The van der Waals surface area contributed by atoms with Crippen molar-refractivity contribution in [2.75, 3.05) is 46.4 Å². The van der Waals surface area contributed by atoms with Gasteiger partial charge in [-0.3, -0.25) is 9.80 Å². The molecule has 2 saturated heterocycles. The van der Waals surface area contributed by atoms with Crippen molar-refractivity contribution in [3.05, 3.63) is 0 Å². The fourth-order valence-electron chi connectivity index (χ4n) is 3.75. The van der Waals surface area contributed by atoms with Gasteiger partial charge in [0.15, 0.2) is 0 Å². The Morgan fingerprint density at radius 2 is 2.16 bits per heavy atom. The van der Waals surface area contributed by atoms with Crippen molar-refractivity contribution in [3.8, 4) is 0 Å². The zero-order chi connectivity index (χ0) is 13.9. The molecule has 2 heterocycles. The third-order valence-electron chi connectivity index (χ3n) is 5.06. The fraction of sp³-hybridized carbons (Fsp3) is 1.00. The molecular formula is C15H31N3O. The van der Waals surface area contributed by atoms with Gasteiger partial charge in [-0.05, 0) is 45.6 Å². The van der Waals surface area contributed by atoms with Crippen molar-refractivity contribution in [2.45, 2.75) is 44.7 Å². The second-order valence-electron chi connectivity index (χ2n) is 6.65. The zero-order valence-electron chi connectivity index (χ0n) is 12.9. The quantitative estimate of drug-likeness (QED) is 0.813. The molecule has 4 nitrogen and oxygen atoms in total. The Hall–Kier alpha value is -0.160. The molecule has 0 bridgehead atoms. The third kappa shape index (κ3) is 3.30. The topological polar surface area (TPSA) is 41.7 Å². The van der Waals surface area contributed by atoms with Crippen LogP contribution in [0.2, 0.25) is 0 Å². The molecule has 0 amide bonds. The van der Waals surface area contributed by atoms with Crippen molar-refractivity contribution >= 4 is 0 Å². The van der Waals surface area contributed by atoms with Crippen LogP contribution in [0.3, 0.4) is 0 Å². The van der Waals surface area contributed by atoms with E-state index in [1.54, 1.807) is 0 Å². The molecule has 0 aromatic rings. The van der Waals surface area contributed by atoms with Crippen LogP contribution in [0.15, 0.2) is 0 Å². The van der Waals surface area contributed by atoms with E-state index in [9.17, 15) is 0 Å². The maximum atomic E-state index is 6.18. The Labute approximate surface area is 118 Å². The van der Waals surface area contributed by atoms with Crippen molar-refractivity contribution in [3.63, 3.8) is 0 Å². The Bertz CT molecular complexity index is 283. The van der Waals surface area contributed by atoms with E-state index in [-0.39, 0.29) is 5.54 Å². The summed E-state index contributed by atoms with van der Waals surface area (Å²) in [5.74, 6) is 0.690. The summed E-state index contributed by atoms with van der Waals surface area (Å²) in [7, 11) is 1.81. The van der Waals surface area contributed by atoms with Gasteiger partial charge in [0.2, 0.25) is 0 Å². The molecule has 19 heavy (non-hydrogen) atoms. The largest absolute Gasteiger partial charge is 0.384 e. The molecule has 0 aliphatic carbocycles. The molecule has 2 unspecified atom stereocenters. The number of nitrogens with zero attached hydrogens (tertiary/aromatic N) is 2. The van der Waals surface area contributed by atoms with Gasteiger partial charge >= 0.3 is 0 Å². The number of methoxy groups -OCH3 is 1. The van der Waals surface area contributed by atoms with Crippen LogP contribution in [0.5, 0.6) is 0 Å². The van der Waals surface area contributed by atoms with Crippen LogP contribution >= 0.6 is 0 Å². The lowest BCUT2D eigenvalue weighted by atomic mass is 9.89. The molecule has 2 fully saturated rings. The molecule has 0 aromatic carbocycles. The Balaban J connectivity index is 2.01. The minimum Gasteiger partial charge on any atom is -0.384 e. The van der Waals surface area contributed by atoms with Crippen molar-refractivity contribution in [2.24, 2.45) is 11.7 Å². The average molecular weight is 269 g/mol. The first-order valence-corrected chi connectivity index (χ1v) is 7.79. The predicted molar refractivity (Wildman–Crippen MR) is 79.3 cm³/mol. The van der Waals surface area contributed by atoms with Crippen molar-refractivity contribution < 1.29 is 4.74 Å². The van der Waals surface area contributed by atoms with Gasteiger partial charge in [-0.1, -0.05) is 0 Å². The number of likely N-dealkylation sites (tertiary alicyclic amines) is 2. The van der Waals surface area contributed by atoms with E-state index in [0.717, 1.165) is 26.2 Å². The van der Waals surface area contributed by atoms with E-state index < -0.39 is 0 Å². The van der Waals surface area contributed by atoms with Gasteiger partial charge < -0.3 is 10.5 Å². The first-order chi connectivity index (χ1) is 9.11. The molecule has 112 valence electrons. The summed E-state index contributed by atoms with van der Waals surface area (Å²) in [6.45, 7) is 11.0. The van der Waals surface area contributed by atoms with Crippen LogP contribution < -0.4 is 5.73 Å². The smallest absolute Gasteiger partial charge is 0.0502 e. The monoisotopic (exact) mass is 269 g/mol. The number of rotatable bonds is 5. The van der Waals surface area contributed by atoms with E-state index in [4.69, 9.17) is 10.5 Å². The number of nitrogens with two attached hydrogens (primary N) is 1. The van der Waals surface area contributed by atoms with Crippen molar-refractivity contribution in [1.82, 2.24) is 9.80 Å². The van der Waals surface area contributed by atoms with Crippen LogP contribution in [-0.2, 0) is 4.74 Å². The molecule has 2 aliphatic rings. The molecule has 0 spiro atoms. The average Bonchev–Trinajstić information content (AvgIpc) is 2.85. The summed E-state index contributed by atoms with van der Waals surface area (Å²) < 4.78 is 5.35. The van der Waals surface area contributed by atoms with E-state index in [1.165, 1.54) is 32.4 Å². The van der Waals surface area contributed by atoms with Gasteiger partial charge in [0.25, 0.3) is 0 Å². The molecule has 2 atom stereocenters. The lowest BCUT2D eigenvalue weighted by Gasteiger charge is -2.45. The Morgan fingerprint density at radius 1 is 1.37 bits per heavy atom. The van der Waals surface area contributed by atoms with E-state index in [0.29, 0.717) is 12.0 Å². The van der Waals surface area contributed by atoms with E-state index >= 15 is 0 Å². The second-order valence-corrected chi connectivity index (χ2v) is 6.65. The Kier molecular flexibility index (Phi) is 5.23. The van der Waals surface area contributed by atoms with Crippen LogP contribution in [-0.4, -0.2) is 67.8 Å². The minimum absolute atomic E-state index is 0.219. The van der Waals surface area contributed by atoms with E-state index in [1.807, 2.05) is 7.11 Å². The van der Waals surface area contributed by atoms with Crippen LogP contribution in [0.1, 0.15) is 33.1 Å². The van der Waals surface area contributed by atoms with Gasteiger partial charge in [-0.2, -0.15) is 0 Å². The van der Waals surface area contributed by atoms with Crippen LogP contribution in [0.25, 0.3) is 0 Å². The molecule has 4 heteroatoms. The maximum absolute atomic E-state index is 6.18. The second kappa shape index (κ2) is 6.53. The predicted octanol–water partition coefficient (Wildman–Crippen LogP) is 1.16. The highest BCUT2D eigenvalue weighted by Gasteiger charge is 2.43. The zero-order valence-corrected chi connectivity index (χ0v) is 12.9. The van der Waals surface area contributed by atoms with Gasteiger partial charge in [0.05, 0.1) is 6.61 Å². The molecule has 2 aliphatic heterocycles. The van der Waals surface area contributed by atoms with Gasteiger partial charge in [-0.25, -0.2) is 0 Å². The number of piperidine rings is 1.